The maximum Gasteiger partial charge on any atom is 0.0707 e. The van der Waals surface area contributed by atoms with Gasteiger partial charge in [0.15, 0.2) is 0 Å². The fraction of sp³-hybridized carbons (Fsp3) is 0.312. The molecule has 0 aliphatic carbocycles. The zero-order valence-electron chi connectivity index (χ0n) is 11.1. The number of nitrogens with one attached hydrogen (secondary N) is 1. The zero-order chi connectivity index (χ0) is 12.8. The van der Waals surface area contributed by atoms with E-state index in [1.165, 1.54) is 10.9 Å². The molecule has 2 heteroatoms. The lowest BCUT2D eigenvalue weighted by Crippen LogP contribution is -2.19. The van der Waals surface area contributed by atoms with Crippen LogP contribution in [0.15, 0.2) is 42.6 Å². The molecule has 0 atom stereocenters. The highest BCUT2D eigenvalue weighted by molar-refractivity contribution is 5.87. The summed E-state index contributed by atoms with van der Waals surface area (Å²) in [7, 11) is 0. The van der Waals surface area contributed by atoms with Crippen LogP contribution in [0.5, 0.6) is 0 Å². The summed E-state index contributed by atoms with van der Waals surface area (Å²) < 4.78 is 0. The van der Waals surface area contributed by atoms with Gasteiger partial charge in [0.05, 0.1) is 5.52 Å². The maximum atomic E-state index is 4.36. The van der Waals surface area contributed by atoms with Crippen LogP contribution in [0.1, 0.15) is 19.4 Å². The second kappa shape index (κ2) is 6.31. The van der Waals surface area contributed by atoms with Gasteiger partial charge in [-0.05, 0) is 30.2 Å². The zero-order valence-corrected chi connectivity index (χ0v) is 11.1. The lowest BCUT2D eigenvalue weighted by molar-refractivity contribution is 0.577. The molecule has 0 aliphatic heterocycles. The van der Waals surface area contributed by atoms with Gasteiger partial charge >= 0.3 is 0 Å². The molecule has 0 unspecified atom stereocenters. The quantitative estimate of drug-likeness (QED) is 0.809. The summed E-state index contributed by atoms with van der Waals surface area (Å²) in [6.07, 6.45) is 6.20. The highest BCUT2D eigenvalue weighted by Gasteiger charge is 1.97. The molecule has 0 saturated carbocycles. The molecule has 0 bridgehead atoms. The number of hydrogen-bond acceptors (Lipinski definition) is 2. The Hall–Kier alpha value is -1.67. The average Bonchev–Trinajstić information content (AvgIpc) is 2.38. The van der Waals surface area contributed by atoms with E-state index >= 15 is 0 Å². The first-order valence-corrected chi connectivity index (χ1v) is 6.48. The van der Waals surface area contributed by atoms with Crippen LogP contribution in [-0.2, 0) is 0 Å². The summed E-state index contributed by atoms with van der Waals surface area (Å²) in [5.74, 6) is 0.695. The number of rotatable bonds is 5. The van der Waals surface area contributed by atoms with Crippen molar-refractivity contribution in [2.75, 3.05) is 13.1 Å². The van der Waals surface area contributed by atoms with Crippen molar-refractivity contribution in [2.24, 2.45) is 5.92 Å². The SMILES string of the molecule is CC(C)CNCC=Cc1ccnc2ccccc12. The van der Waals surface area contributed by atoms with Crippen LogP contribution < -0.4 is 5.32 Å². The lowest BCUT2D eigenvalue weighted by atomic mass is 10.1. The van der Waals surface area contributed by atoms with Gasteiger partial charge in [-0.2, -0.15) is 0 Å². The van der Waals surface area contributed by atoms with Crippen LogP contribution >= 0.6 is 0 Å². The first kappa shape index (κ1) is 12.8. The van der Waals surface area contributed by atoms with Gasteiger partial charge in [0.1, 0.15) is 0 Å². The fourth-order valence-electron chi connectivity index (χ4n) is 1.90. The van der Waals surface area contributed by atoms with Gasteiger partial charge in [0.2, 0.25) is 0 Å². The monoisotopic (exact) mass is 240 g/mol. The summed E-state index contributed by atoms with van der Waals surface area (Å²) >= 11 is 0. The third kappa shape index (κ3) is 3.41. The Morgan fingerprint density at radius 3 is 2.89 bits per heavy atom. The molecule has 2 rings (SSSR count). The van der Waals surface area contributed by atoms with Gasteiger partial charge in [-0.1, -0.05) is 44.2 Å². The highest BCUT2D eigenvalue weighted by Crippen LogP contribution is 2.17. The molecule has 1 N–H and O–H groups in total. The minimum absolute atomic E-state index is 0.695. The third-order valence-electron chi connectivity index (χ3n) is 2.79. The molecule has 0 aliphatic rings. The van der Waals surface area contributed by atoms with E-state index in [1.807, 2.05) is 18.3 Å². The summed E-state index contributed by atoms with van der Waals surface area (Å²) in [6, 6.07) is 10.3. The second-order valence-corrected chi connectivity index (χ2v) is 4.87. The van der Waals surface area contributed by atoms with Crippen molar-refractivity contribution >= 4 is 17.0 Å². The minimum Gasteiger partial charge on any atom is -0.313 e. The van der Waals surface area contributed by atoms with Crippen LogP contribution in [0.4, 0.5) is 0 Å². The Bertz CT molecular complexity index is 524. The van der Waals surface area contributed by atoms with E-state index in [4.69, 9.17) is 0 Å². The summed E-state index contributed by atoms with van der Waals surface area (Å²) in [5.41, 5.74) is 2.28. The van der Waals surface area contributed by atoms with Gasteiger partial charge in [-0.15, -0.1) is 0 Å². The Morgan fingerprint density at radius 1 is 1.22 bits per heavy atom. The van der Waals surface area contributed by atoms with E-state index in [9.17, 15) is 0 Å². The Kier molecular flexibility index (Phi) is 4.48. The topological polar surface area (TPSA) is 24.9 Å². The first-order chi connectivity index (χ1) is 8.77. The molecule has 0 amide bonds. The van der Waals surface area contributed by atoms with E-state index in [0.717, 1.165) is 18.6 Å². The van der Waals surface area contributed by atoms with E-state index in [1.54, 1.807) is 0 Å². The van der Waals surface area contributed by atoms with Gasteiger partial charge in [-0.25, -0.2) is 0 Å². The number of hydrogen-bond donors (Lipinski definition) is 1. The number of nitrogens with zero attached hydrogens (tertiary/aromatic N) is 1. The van der Waals surface area contributed by atoms with Gasteiger partial charge in [0.25, 0.3) is 0 Å². The Balaban J connectivity index is 2.05. The predicted octanol–water partition coefficient (Wildman–Crippen LogP) is 3.49. The lowest BCUT2D eigenvalue weighted by Gasteiger charge is -2.04. The van der Waals surface area contributed by atoms with Crippen LogP contribution in [0, 0.1) is 5.92 Å². The van der Waals surface area contributed by atoms with E-state index < -0.39 is 0 Å². The Labute approximate surface area is 109 Å². The van der Waals surface area contributed by atoms with Crippen molar-refractivity contribution in [3.05, 3.63) is 48.2 Å². The van der Waals surface area contributed by atoms with Crippen molar-refractivity contribution in [3.8, 4) is 0 Å². The van der Waals surface area contributed by atoms with Crippen molar-refractivity contribution < 1.29 is 0 Å². The number of para-hydroxylation sites is 1. The standard InChI is InChI=1S/C16H20N2/c1-13(2)12-17-10-5-6-14-9-11-18-16-8-4-3-7-15(14)16/h3-9,11,13,17H,10,12H2,1-2H3. The van der Waals surface area contributed by atoms with Crippen molar-refractivity contribution in [2.45, 2.75) is 13.8 Å². The van der Waals surface area contributed by atoms with Crippen LogP contribution in [0.2, 0.25) is 0 Å². The molecule has 94 valence electrons. The molecular formula is C16H20N2. The van der Waals surface area contributed by atoms with Crippen LogP contribution in [-0.4, -0.2) is 18.1 Å². The summed E-state index contributed by atoms with van der Waals surface area (Å²) in [5, 5.41) is 4.61. The maximum absolute atomic E-state index is 4.36. The first-order valence-electron chi connectivity index (χ1n) is 6.48. The molecule has 1 aromatic heterocycles. The number of benzene rings is 1. The summed E-state index contributed by atoms with van der Waals surface area (Å²) in [4.78, 5) is 4.36. The molecule has 2 aromatic rings. The minimum atomic E-state index is 0.695. The van der Waals surface area contributed by atoms with Gasteiger partial charge < -0.3 is 5.32 Å². The molecule has 0 fully saturated rings. The van der Waals surface area contributed by atoms with Gasteiger partial charge in [0, 0.05) is 18.1 Å². The molecule has 1 heterocycles. The van der Waals surface area contributed by atoms with Gasteiger partial charge in [-0.3, -0.25) is 4.98 Å². The largest absolute Gasteiger partial charge is 0.313 e. The molecule has 1 aromatic carbocycles. The number of aromatic nitrogens is 1. The Morgan fingerprint density at radius 2 is 2.06 bits per heavy atom. The molecule has 0 radical (unpaired) electrons. The molecule has 2 nitrogen and oxygen atoms in total. The van der Waals surface area contributed by atoms with E-state index in [-0.39, 0.29) is 0 Å². The third-order valence-corrected chi connectivity index (χ3v) is 2.79. The molecule has 0 spiro atoms. The molecule has 0 saturated heterocycles. The smallest absolute Gasteiger partial charge is 0.0707 e. The van der Waals surface area contributed by atoms with Crippen molar-refractivity contribution in [1.29, 1.82) is 0 Å². The van der Waals surface area contributed by atoms with Crippen LogP contribution in [0.25, 0.3) is 17.0 Å². The van der Waals surface area contributed by atoms with Crippen molar-refractivity contribution in [3.63, 3.8) is 0 Å². The fourth-order valence-corrected chi connectivity index (χ4v) is 1.90. The van der Waals surface area contributed by atoms with Crippen LogP contribution in [0.3, 0.4) is 0 Å². The van der Waals surface area contributed by atoms with Crippen molar-refractivity contribution in [1.82, 2.24) is 10.3 Å². The normalized spacial score (nSPS) is 11.7. The highest BCUT2D eigenvalue weighted by atomic mass is 14.8. The van der Waals surface area contributed by atoms with E-state index in [0.29, 0.717) is 5.92 Å². The van der Waals surface area contributed by atoms with E-state index in [2.05, 4.69) is 54.5 Å². The molecular weight excluding hydrogens is 220 g/mol. The number of pyridine rings is 1. The molecule has 18 heavy (non-hydrogen) atoms. The second-order valence-electron chi connectivity index (χ2n) is 4.87. The number of fused-ring (bicyclic) bond motifs is 1. The average molecular weight is 240 g/mol. The summed E-state index contributed by atoms with van der Waals surface area (Å²) in [6.45, 7) is 6.40. The predicted molar refractivity (Wildman–Crippen MR) is 78.5 cm³/mol.